The predicted molar refractivity (Wildman–Crippen MR) is 67.1 cm³/mol. The summed E-state index contributed by atoms with van der Waals surface area (Å²) in [4.78, 5) is 23.3. The molecule has 1 saturated heterocycles. The van der Waals surface area contributed by atoms with E-state index in [2.05, 4.69) is 5.32 Å². The molecular formula is C14H16FNO3. The first-order valence-corrected chi connectivity index (χ1v) is 6.25. The Morgan fingerprint density at radius 3 is 2.89 bits per heavy atom. The number of rotatable bonds is 3. The van der Waals surface area contributed by atoms with Crippen molar-refractivity contribution in [1.82, 2.24) is 5.32 Å². The van der Waals surface area contributed by atoms with E-state index in [0.717, 1.165) is 5.56 Å². The fourth-order valence-corrected chi connectivity index (χ4v) is 2.31. The lowest BCUT2D eigenvalue weighted by atomic mass is 9.91. The van der Waals surface area contributed by atoms with Gasteiger partial charge in [-0.15, -0.1) is 0 Å². The van der Waals surface area contributed by atoms with Gasteiger partial charge in [-0.1, -0.05) is 12.1 Å². The molecule has 1 aliphatic rings. The normalized spacial score (nSPS) is 22.2. The van der Waals surface area contributed by atoms with Crippen LogP contribution < -0.4 is 5.32 Å². The minimum absolute atomic E-state index is 0.190. The largest absolute Gasteiger partial charge is 0.464 e. The topological polar surface area (TPSA) is 55.4 Å². The number of benzene rings is 1. The zero-order valence-corrected chi connectivity index (χ0v) is 10.9. The molecular weight excluding hydrogens is 249 g/mol. The second-order valence-electron chi connectivity index (χ2n) is 4.62. The zero-order valence-electron chi connectivity index (χ0n) is 10.9. The molecule has 1 aromatic rings. The summed E-state index contributed by atoms with van der Waals surface area (Å²) >= 11 is 0. The van der Waals surface area contributed by atoms with Crippen molar-refractivity contribution in [3.05, 3.63) is 35.1 Å². The monoisotopic (exact) mass is 265 g/mol. The summed E-state index contributed by atoms with van der Waals surface area (Å²) in [6.07, 6.45) is 0.217. The van der Waals surface area contributed by atoms with Gasteiger partial charge >= 0.3 is 5.97 Å². The Hall–Kier alpha value is -1.91. The second kappa shape index (κ2) is 5.38. The number of aryl methyl sites for hydroxylation is 1. The van der Waals surface area contributed by atoms with Gasteiger partial charge in [0.1, 0.15) is 11.9 Å². The van der Waals surface area contributed by atoms with Crippen molar-refractivity contribution in [1.29, 1.82) is 0 Å². The van der Waals surface area contributed by atoms with Crippen molar-refractivity contribution in [2.24, 2.45) is 0 Å². The first-order valence-electron chi connectivity index (χ1n) is 6.25. The van der Waals surface area contributed by atoms with E-state index in [9.17, 15) is 14.0 Å². The van der Waals surface area contributed by atoms with Crippen LogP contribution in [0.5, 0.6) is 0 Å². The molecule has 0 aromatic heterocycles. The average Bonchev–Trinajstić information content (AvgIpc) is 2.75. The average molecular weight is 265 g/mol. The molecule has 1 aliphatic heterocycles. The summed E-state index contributed by atoms with van der Waals surface area (Å²) in [5, 5.41) is 2.61. The molecule has 4 nitrogen and oxygen atoms in total. The van der Waals surface area contributed by atoms with Crippen LogP contribution in [0.2, 0.25) is 0 Å². The van der Waals surface area contributed by atoms with Crippen LogP contribution in [-0.2, 0) is 14.3 Å². The van der Waals surface area contributed by atoms with Gasteiger partial charge in [-0.3, -0.25) is 4.79 Å². The fraction of sp³-hybridized carbons (Fsp3) is 0.429. The molecule has 19 heavy (non-hydrogen) atoms. The Morgan fingerprint density at radius 1 is 1.53 bits per heavy atom. The molecule has 5 heteroatoms. The number of hydrogen-bond acceptors (Lipinski definition) is 3. The molecule has 0 aliphatic carbocycles. The minimum atomic E-state index is -0.683. The van der Waals surface area contributed by atoms with E-state index in [1.165, 1.54) is 6.07 Å². The Labute approximate surface area is 110 Å². The van der Waals surface area contributed by atoms with E-state index in [1.807, 2.05) is 0 Å². The third-order valence-corrected chi connectivity index (χ3v) is 3.27. The number of halogens is 1. The van der Waals surface area contributed by atoms with Crippen molar-refractivity contribution in [2.75, 3.05) is 6.61 Å². The maximum atomic E-state index is 13.3. The van der Waals surface area contributed by atoms with Crippen LogP contribution in [0.3, 0.4) is 0 Å². The van der Waals surface area contributed by atoms with Crippen molar-refractivity contribution in [2.45, 2.75) is 32.2 Å². The van der Waals surface area contributed by atoms with E-state index in [4.69, 9.17) is 4.74 Å². The van der Waals surface area contributed by atoms with Gasteiger partial charge in [-0.2, -0.15) is 0 Å². The van der Waals surface area contributed by atoms with E-state index in [1.54, 1.807) is 26.0 Å². The van der Waals surface area contributed by atoms with Crippen molar-refractivity contribution in [3.63, 3.8) is 0 Å². The summed E-state index contributed by atoms with van der Waals surface area (Å²) in [5.41, 5.74) is 1.27. The van der Waals surface area contributed by atoms with Crippen LogP contribution >= 0.6 is 0 Å². The lowest BCUT2D eigenvalue weighted by Crippen LogP contribution is -2.37. The number of ether oxygens (including phenoxy) is 1. The number of amides is 1. The van der Waals surface area contributed by atoms with Crippen LogP contribution in [0.25, 0.3) is 0 Å². The lowest BCUT2D eigenvalue weighted by Gasteiger charge is -2.18. The SMILES string of the molecule is CCOC(=O)C1NC(=O)CC1c1ccc(F)c(C)c1. The molecule has 1 fully saturated rings. The van der Waals surface area contributed by atoms with Crippen LogP contribution in [0.4, 0.5) is 4.39 Å². The molecule has 2 unspecified atom stereocenters. The zero-order chi connectivity index (χ0) is 14.0. The van der Waals surface area contributed by atoms with Crippen molar-refractivity contribution < 1.29 is 18.7 Å². The smallest absolute Gasteiger partial charge is 0.329 e. The van der Waals surface area contributed by atoms with E-state index in [0.29, 0.717) is 5.56 Å². The predicted octanol–water partition coefficient (Wildman–Crippen LogP) is 1.67. The second-order valence-corrected chi connectivity index (χ2v) is 4.62. The molecule has 1 heterocycles. The van der Waals surface area contributed by atoms with Crippen molar-refractivity contribution in [3.8, 4) is 0 Å². The van der Waals surface area contributed by atoms with Crippen LogP contribution in [0, 0.1) is 12.7 Å². The number of carbonyl (C=O) groups is 2. The van der Waals surface area contributed by atoms with E-state index < -0.39 is 12.0 Å². The highest BCUT2D eigenvalue weighted by atomic mass is 19.1. The minimum Gasteiger partial charge on any atom is -0.464 e. The molecule has 2 atom stereocenters. The van der Waals surface area contributed by atoms with Gasteiger partial charge in [0.15, 0.2) is 0 Å². The van der Waals surface area contributed by atoms with Gasteiger partial charge in [0.25, 0.3) is 0 Å². The Bertz CT molecular complexity index is 515. The van der Waals surface area contributed by atoms with Gasteiger partial charge in [0, 0.05) is 12.3 Å². The molecule has 1 aromatic carbocycles. The molecule has 2 rings (SSSR count). The molecule has 1 N–H and O–H groups in total. The van der Waals surface area contributed by atoms with E-state index in [-0.39, 0.29) is 30.7 Å². The fourth-order valence-electron chi connectivity index (χ4n) is 2.31. The number of carbonyl (C=O) groups excluding carboxylic acids is 2. The van der Waals surface area contributed by atoms with Crippen molar-refractivity contribution >= 4 is 11.9 Å². The number of hydrogen-bond donors (Lipinski definition) is 1. The van der Waals surface area contributed by atoms with Gasteiger partial charge in [0.2, 0.25) is 5.91 Å². The molecule has 0 saturated carbocycles. The Balaban J connectivity index is 2.27. The summed E-state index contributed by atoms with van der Waals surface area (Å²) in [5.74, 6) is -1.23. The van der Waals surface area contributed by atoms with Crippen LogP contribution in [-0.4, -0.2) is 24.5 Å². The Morgan fingerprint density at radius 2 is 2.26 bits per heavy atom. The number of esters is 1. The highest BCUT2D eigenvalue weighted by Gasteiger charge is 2.39. The first kappa shape index (κ1) is 13.5. The lowest BCUT2D eigenvalue weighted by molar-refractivity contribution is -0.146. The third-order valence-electron chi connectivity index (χ3n) is 3.27. The maximum Gasteiger partial charge on any atom is 0.329 e. The molecule has 0 bridgehead atoms. The van der Waals surface area contributed by atoms with Gasteiger partial charge < -0.3 is 10.1 Å². The van der Waals surface area contributed by atoms with Crippen LogP contribution in [0.1, 0.15) is 30.4 Å². The summed E-state index contributed by atoms with van der Waals surface area (Å²) < 4.78 is 18.2. The maximum absolute atomic E-state index is 13.3. The highest BCUT2D eigenvalue weighted by Crippen LogP contribution is 2.30. The first-order chi connectivity index (χ1) is 9.02. The molecule has 0 spiro atoms. The summed E-state index contributed by atoms with van der Waals surface area (Å²) in [6.45, 7) is 3.63. The third kappa shape index (κ3) is 2.75. The number of nitrogens with one attached hydrogen (secondary N) is 1. The standard InChI is InChI=1S/C14H16FNO3/c1-3-19-14(18)13-10(7-12(17)16-13)9-4-5-11(15)8(2)6-9/h4-6,10,13H,3,7H2,1-2H3,(H,16,17). The van der Waals surface area contributed by atoms with Gasteiger partial charge in [-0.25, -0.2) is 9.18 Å². The van der Waals surface area contributed by atoms with Crippen LogP contribution in [0.15, 0.2) is 18.2 Å². The molecule has 1 amide bonds. The van der Waals surface area contributed by atoms with Gasteiger partial charge in [0.05, 0.1) is 6.61 Å². The quantitative estimate of drug-likeness (QED) is 0.846. The molecule has 102 valence electrons. The van der Waals surface area contributed by atoms with Gasteiger partial charge in [-0.05, 0) is 31.0 Å². The summed E-state index contributed by atoms with van der Waals surface area (Å²) in [7, 11) is 0. The van der Waals surface area contributed by atoms with E-state index >= 15 is 0 Å². The Kier molecular flexibility index (Phi) is 3.83. The highest BCUT2D eigenvalue weighted by molar-refractivity contribution is 5.90. The summed E-state index contributed by atoms with van der Waals surface area (Å²) in [6, 6.07) is 3.96. The molecule has 0 radical (unpaired) electrons.